The van der Waals surface area contributed by atoms with Crippen LogP contribution >= 0.6 is 11.8 Å². The smallest absolute Gasteiger partial charge is 0.253 e. The molecular formula is C20H12F3N5S. The molecule has 0 aliphatic heterocycles. The Bertz CT molecular complexity index is 1100. The molecule has 0 fully saturated rings. The highest BCUT2D eigenvalue weighted by Gasteiger charge is 2.30. The Morgan fingerprint density at radius 3 is 2.10 bits per heavy atom. The van der Waals surface area contributed by atoms with E-state index in [2.05, 4.69) is 25.1 Å². The van der Waals surface area contributed by atoms with Gasteiger partial charge in [0.25, 0.3) is 0 Å². The average Bonchev–Trinajstić information content (AvgIpc) is 2.75. The molecule has 0 bridgehead atoms. The minimum Gasteiger partial charge on any atom is -0.253 e. The fourth-order valence-electron chi connectivity index (χ4n) is 2.49. The topological polar surface area (TPSA) is 64.5 Å². The first-order valence-corrected chi connectivity index (χ1v) is 9.25. The van der Waals surface area contributed by atoms with Gasteiger partial charge in [-0.1, -0.05) is 24.3 Å². The number of alkyl halides is 3. The first-order valence-electron chi connectivity index (χ1n) is 8.43. The number of hydrogen-bond acceptors (Lipinski definition) is 6. The van der Waals surface area contributed by atoms with Crippen molar-refractivity contribution in [1.29, 1.82) is 0 Å². The molecule has 4 rings (SSSR count). The number of rotatable bonds is 4. The maximum atomic E-state index is 12.9. The van der Waals surface area contributed by atoms with E-state index < -0.39 is 11.7 Å². The molecule has 0 radical (unpaired) electrons. The first kappa shape index (κ1) is 19.0. The number of pyridine rings is 2. The zero-order valence-electron chi connectivity index (χ0n) is 14.7. The van der Waals surface area contributed by atoms with E-state index in [9.17, 15) is 13.2 Å². The number of aromatic nitrogens is 5. The van der Waals surface area contributed by atoms with Crippen molar-refractivity contribution in [2.24, 2.45) is 0 Å². The Kier molecular flexibility index (Phi) is 5.22. The summed E-state index contributed by atoms with van der Waals surface area (Å²) >= 11 is 1.25. The molecule has 0 atom stereocenters. The SMILES string of the molecule is FC(F)(F)c1ccc(-c2nnc(-c3ccccn3)nc2Sc2ccccn2)cc1. The molecule has 0 amide bonds. The molecule has 4 aromatic rings. The van der Waals surface area contributed by atoms with Gasteiger partial charge < -0.3 is 0 Å². The zero-order valence-corrected chi connectivity index (χ0v) is 15.5. The molecule has 1 aromatic carbocycles. The van der Waals surface area contributed by atoms with Crippen molar-refractivity contribution in [3.05, 3.63) is 78.6 Å². The molecule has 0 saturated heterocycles. The van der Waals surface area contributed by atoms with E-state index in [-0.39, 0.29) is 0 Å². The lowest BCUT2D eigenvalue weighted by Crippen LogP contribution is -2.04. The van der Waals surface area contributed by atoms with E-state index in [0.717, 1.165) is 12.1 Å². The maximum Gasteiger partial charge on any atom is 0.416 e. The highest BCUT2D eigenvalue weighted by atomic mass is 32.2. The van der Waals surface area contributed by atoms with Crippen LogP contribution in [0.15, 0.2) is 83.1 Å². The molecule has 0 aliphatic carbocycles. The van der Waals surface area contributed by atoms with Gasteiger partial charge in [-0.3, -0.25) is 4.98 Å². The molecule has 9 heteroatoms. The van der Waals surface area contributed by atoms with E-state index >= 15 is 0 Å². The van der Waals surface area contributed by atoms with Crippen molar-refractivity contribution in [1.82, 2.24) is 25.1 Å². The van der Waals surface area contributed by atoms with Crippen LogP contribution in [0.3, 0.4) is 0 Å². The second-order valence-electron chi connectivity index (χ2n) is 5.85. The Morgan fingerprint density at radius 1 is 0.759 bits per heavy atom. The lowest BCUT2D eigenvalue weighted by atomic mass is 10.1. The van der Waals surface area contributed by atoms with Crippen molar-refractivity contribution < 1.29 is 13.2 Å². The van der Waals surface area contributed by atoms with Crippen LogP contribution in [-0.2, 0) is 6.18 Å². The van der Waals surface area contributed by atoms with Gasteiger partial charge in [0, 0.05) is 18.0 Å². The quantitative estimate of drug-likeness (QED) is 0.462. The zero-order chi connectivity index (χ0) is 20.3. The highest BCUT2D eigenvalue weighted by molar-refractivity contribution is 7.99. The second kappa shape index (κ2) is 7.96. The van der Waals surface area contributed by atoms with Crippen molar-refractivity contribution in [2.75, 3.05) is 0 Å². The van der Waals surface area contributed by atoms with Crippen LogP contribution in [-0.4, -0.2) is 25.1 Å². The van der Waals surface area contributed by atoms with Crippen molar-refractivity contribution in [3.8, 4) is 22.8 Å². The Labute approximate surface area is 168 Å². The maximum absolute atomic E-state index is 12.9. The van der Waals surface area contributed by atoms with E-state index in [1.54, 1.807) is 36.7 Å². The monoisotopic (exact) mass is 411 g/mol. The molecule has 0 saturated carbocycles. The molecular weight excluding hydrogens is 399 g/mol. The third-order valence-corrected chi connectivity index (χ3v) is 4.80. The number of benzene rings is 1. The summed E-state index contributed by atoms with van der Waals surface area (Å²) < 4.78 is 38.6. The largest absolute Gasteiger partial charge is 0.416 e. The molecule has 0 unspecified atom stereocenters. The molecule has 0 aliphatic rings. The standard InChI is InChI=1S/C20H12F3N5S/c21-20(22,23)14-9-7-13(8-10-14)17-19(29-16-6-2-4-12-25-16)26-18(28-27-17)15-5-1-3-11-24-15/h1-12H. The Hall–Kier alpha value is -3.33. The van der Waals surface area contributed by atoms with Crippen LogP contribution in [0.2, 0.25) is 0 Å². The summed E-state index contributed by atoms with van der Waals surface area (Å²) in [5.41, 5.74) is 0.658. The van der Waals surface area contributed by atoms with Gasteiger partial charge in [0.1, 0.15) is 21.4 Å². The molecule has 144 valence electrons. The lowest BCUT2D eigenvalue weighted by molar-refractivity contribution is -0.137. The van der Waals surface area contributed by atoms with E-state index in [4.69, 9.17) is 0 Å². The predicted octanol–water partition coefficient (Wildman–Crippen LogP) is 5.17. The molecule has 0 spiro atoms. The van der Waals surface area contributed by atoms with Crippen LogP contribution in [0.5, 0.6) is 0 Å². The van der Waals surface area contributed by atoms with Gasteiger partial charge in [0.2, 0.25) is 5.82 Å². The fraction of sp³-hybridized carbons (Fsp3) is 0.0500. The van der Waals surface area contributed by atoms with E-state index in [1.165, 1.54) is 23.9 Å². The summed E-state index contributed by atoms with van der Waals surface area (Å²) in [5, 5.41) is 9.50. The van der Waals surface area contributed by atoms with Crippen LogP contribution in [0.1, 0.15) is 5.56 Å². The molecule has 3 aromatic heterocycles. The van der Waals surface area contributed by atoms with Crippen molar-refractivity contribution >= 4 is 11.8 Å². The van der Waals surface area contributed by atoms with Crippen LogP contribution in [0.4, 0.5) is 13.2 Å². The van der Waals surface area contributed by atoms with Gasteiger partial charge >= 0.3 is 6.18 Å². The summed E-state index contributed by atoms with van der Waals surface area (Å²) in [6.45, 7) is 0. The molecule has 29 heavy (non-hydrogen) atoms. The van der Waals surface area contributed by atoms with Crippen molar-refractivity contribution in [2.45, 2.75) is 16.2 Å². The van der Waals surface area contributed by atoms with E-state index in [1.807, 2.05) is 12.1 Å². The van der Waals surface area contributed by atoms with Gasteiger partial charge in [-0.15, -0.1) is 10.2 Å². The van der Waals surface area contributed by atoms with Gasteiger partial charge in [-0.05, 0) is 48.2 Å². The number of hydrogen-bond donors (Lipinski definition) is 0. The highest BCUT2D eigenvalue weighted by Crippen LogP contribution is 2.35. The predicted molar refractivity (Wildman–Crippen MR) is 102 cm³/mol. The summed E-state index contributed by atoms with van der Waals surface area (Å²) in [7, 11) is 0. The Balaban J connectivity index is 1.78. The third kappa shape index (κ3) is 4.40. The summed E-state index contributed by atoms with van der Waals surface area (Å²) in [5.74, 6) is 0.319. The van der Waals surface area contributed by atoms with Gasteiger partial charge in [0.15, 0.2) is 0 Å². The minimum absolute atomic E-state index is 0.319. The molecule has 0 N–H and O–H groups in total. The summed E-state index contributed by atoms with van der Waals surface area (Å²) in [4.78, 5) is 13.0. The summed E-state index contributed by atoms with van der Waals surface area (Å²) in [6, 6.07) is 15.5. The van der Waals surface area contributed by atoms with Crippen molar-refractivity contribution in [3.63, 3.8) is 0 Å². The first-order chi connectivity index (χ1) is 14.0. The molecule has 3 heterocycles. The van der Waals surface area contributed by atoms with Crippen LogP contribution < -0.4 is 0 Å². The van der Waals surface area contributed by atoms with Crippen LogP contribution in [0, 0.1) is 0 Å². The van der Waals surface area contributed by atoms with Gasteiger partial charge in [-0.25, -0.2) is 9.97 Å². The normalized spacial score (nSPS) is 11.4. The minimum atomic E-state index is -4.41. The molecule has 5 nitrogen and oxygen atoms in total. The second-order valence-corrected chi connectivity index (χ2v) is 6.86. The van der Waals surface area contributed by atoms with E-state index in [0.29, 0.717) is 32.8 Å². The summed E-state index contributed by atoms with van der Waals surface area (Å²) in [6.07, 6.45) is -1.14. The average molecular weight is 411 g/mol. The Morgan fingerprint density at radius 2 is 1.48 bits per heavy atom. The van der Waals surface area contributed by atoms with Crippen LogP contribution in [0.25, 0.3) is 22.8 Å². The number of nitrogens with zero attached hydrogens (tertiary/aromatic N) is 5. The van der Waals surface area contributed by atoms with Gasteiger partial charge in [0.05, 0.1) is 5.56 Å². The lowest BCUT2D eigenvalue weighted by Gasteiger charge is -2.10. The number of halogens is 3. The fourth-order valence-corrected chi connectivity index (χ4v) is 3.34. The third-order valence-electron chi connectivity index (χ3n) is 3.87. The van der Waals surface area contributed by atoms with Gasteiger partial charge in [-0.2, -0.15) is 13.2 Å².